The van der Waals surface area contributed by atoms with Gasteiger partial charge in [-0.1, -0.05) is 17.7 Å². The molecule has 1 heterocycles. The Morgan fingerprint density at radius 1 is 1.12 bits per heavy atom. The maximum Gasteiger partial charge on any atom is 0.0853 e. The molecule has 0 aliphatic rings. The van der Waals surface area contributed by atoms with Gasteiger partial charge in [0.05, 0.1) is 12.3 Å². The summed E-state index contributed by atoms with van der Waals surface area (Å²) in [6.07, 6.45) is 1.71. The number of aliphatic hydroxyl groups excluding tert-OH is 1. The summed E-state index contributed by atoms with van der Waals surface area (Å²) in [5.74, 6) is 0. The molecule has 0 fully saturated rings. The molecule has 1 N–H and O–H groups in total. The first kappa shape index (κ1) is 11.6. The minimum atomic E-state index is -0.0322. The molecule has 0 aliphatic heterocycles. The van der Waals surface area contributed by atoms with Crippen LogP contribution >= 0.6 is 0 Å². The van der Waals surface area contributed by atoms with Gasteiger partial charge in [-0.25, -0.2) is 0 Å². The third kappa shape index (κ3) is 2.63. The van der Waals surface area contributed by atoms with Crippen molar-refractivity contribution in [1.29, 1.82) is 0 Å². The number of aryl methyl sites for hydroxylation is 1. The predicted molar refractivity (Wildman–Crippen MR) is 69.4 cm³/mol. The first-order valence-corrected chi connectivity index (χ1v) is 5.57. The van der Waals surface area contributed by atoms with Gasteiger partial charge in [-0.15, -0.1) is 0 Å². The number of aromatic nitrogens is 1. The Morgan fingerprint density at radius 3 is 2.47 bits per heavy atom. The van der Waals surface area contributed by atoms with E-state index in [1.54, 1.807) is 6.20 Å². The van der Waals surface area contributed by atoms with E-state index in [1.807, 2.05) is 19.2 Å². The highest BCUT2D eigenvalue weighted by atomic mass is 16.3. The topological polar surface area (TPSA) is 36.4 Å². The molecule has 3 heteroatoms. The summed E-state index contributed by atoms with van der Waals surface area (Å²) >= 11 is 0. The van der Waals surface area contributed by atoms with Crippen LogP contribution in [0.3, 0.4) is 0 Å². The number of nitrogens with zero attached hydrogens (tertiary/aromatic N) is 2. The van der Waals surface area contributed by atoms with Gasteiger partial charge < -0.3 is 10.0 Å². The number of hydrogen-bond acceptors (Lipinski definition) is 3. The highest BCUT2D eigenvalue weighted by Crippen LogP contribution is 2.23. The molecule has 2 rings (SSSR count). The molecule has 0 radical (unpaired) electrons. The second-order valence-corrected chi connectivity index (χ2v) is 4.06. The Kier molecular flexibility index (Phi) is 3.40. The molecule has 2 aromatic rings. The molecule has 0 atom stereocenters. The molecule has 1 aromatic carbocycles. The Labute approximate surface area is 101 Å². The average Bonchev–Trinajstić information content (AvgIpc) is 2.39. The van der Waals surface area contributed by atoms with Gasteiger partial charge in [-0.2, -0.15) is 0 Å². The lowest BCUT2D eigenvalue weighted by Crippen LogP contribution is -2.10. The summed E-state index contributed by atoms with van der Waals surface area (Å²) in [7, 11) is 2.00. The van der Waals surface area contributed by atoms with Crippen LogP contribution in [-0.4, -0.2) is 17.1 Å². The molecule has 88 valence electrons. The van der Waals surface area contributed by atoms with Crippen molar-refractivity contribution in [3.63, 3.8) is 0 Å². The molecule has 0 bridgehead atoms. The maximum absolute atomic E-state index is 9.07. The summed E-state index contributed by atoms with van der Waals surface area (Å²) in [5.41, 5.74) is 4.06. The Balaban J connectivity index is 2.29. The van der Waals surface area contributed by atoms with Gasteiger partial charge in [-0.3, -0.25) is 4.98 Å². The molecule has 0 unspecified atom stereocenters. The summed E-state index contributed by atoms with van der Waals surface area (Å²) in [5, 5.41) is 9.07. The van der Waals surface area contributed by atoms with Gasteiger partial charge in [0.15, 0.2) is 0 Å². The van der Waals surface area contributed by atoms with E-state index in [1.165, 1.54) is 5.56 Å². The van der Waals surface area contributed by atoms with Crippen molar-refractivity contribution in [2.75, 3.05) is 11.9 Å². The van der Waals surface area contributed by atoms with Gasteiger partial charge >= 0.3 is 0 Å². The fourth-order valence-electron chi connectivity index (χ4n) is 1.68. The van der Waals surface area contributed by atoms with Gasteiger partial charge in [0.2, 0.25) is 0 Å². The molecule has 17 heavy (non-hydrogen) atoms. The Morgan fingerprint density at radius 2 is 1.82 bits per heavy atom. The molecule has 0 saturated heterocycles. The molecule has 0 saturated carbocycles. The number of rotatable bonds is 3. The van der Waals surface area contributed by atoms with Gasteiger partial charge in [-0.05, 0) is 31.2 Å². The zero-order valence-electron chi connectivity index (χ0n) is 10.1. The van der Waals surface area contributed by atoms with Crippen molar-refractivity contribution in [1.82, 2.24) is 4.98 Å². The second-order valence-electron chi connectivity index (χ2n) is 4.06. The van der Waals surface area contributed by atoms with Crippen LogP contribution in [0.2, 0.25) is 0 Å². The first-order chi connectivity index (χ1) is 8.20. The lowest BCUT2D eigenvalue weighted by atomic mass is 10.2. The SMILES string of the molecule is Cc1ccc(N(C)c2ccnc(CO)c2)cc1. The third-order valence-corrected chi connectivity index (χ3v) is 2.77. The summed E-state index contributed by atoms with van der Waals surface area (Å²) in [6.45, 7) is 2.04. The van der Waals surface area contributed by atoms with Crippen molar-refractivity contribution in [2.45, 2.75) is 13.5 Å². The fourth-order valence-corrected chi connectivity index (χ4v) is 1.68. The summed E-state index contributed by atoms with van der Waals surface area (Å²) < 4.78 is 0. The lowest BCUT2D eigenvalue weighted by molar-refractivity contribution is 0.277. The highest BCUT2D eigenvalue weighted by Gasteiger charge is 2.04. The zero-order valence-corrected chi connectivity index (χ0v) is 10.1. The normalized spacial score (nSPS) is 10.3. The first-order valence-electron chi connectivity index (χ1n) is 5.57. The minimum Gasteiger partial charge on any atom is -0.390 e. The van der Waals surface area contributed by atoms with Crippen molar-refractivity contribution in [2.24, 2.45) is 0 Å². The Hall–Kier alpha value is -1.87. The van der Waals surface area contributed by atoms with Crippen molar-refractivity contribution in [3.05, 3.63) is 53.9 Å². The van der Waals surface area contributed by atoms with E-state index in [0.29, 0.717) is 5.69 Å². The average molecular weight is 228 g/mol. The molecule has 0 amide bonds. The summed E-state index contributed by atoms with van der Waals surface area (Å²) in [6, 6.07) is 12.1. The van der Waals surface area contributed by atoms with Crippen LogP contribution in [0.5, 0.6) is 0 Å². The van der Waals surface area contributed by atoms with E-state index in [-0.39, 0.29) is 6.61 Å². The van der Waals surface area contributed by atoms with E-state index in [0.717, 1.165) is 11.4 Å². The van der Waals surface area contributed by atoms with E-state index in [2.05, 4.69) is 41.1 Å². The molecular weight excluding hydrogens is 212 g/mol. The molecule has 0 aliphatic carbocycles. The van der Waals surface area contributed by atoms with Crippen molar-refractivity contribution < 1.29 is 5.11 Å². The van der Waals surface area contributed by atoms with E-state index < -0.39 is 0 Å². The molecule has 1 aromatic heterocycles. The number of anilines is 2. The standard InChI is InChI=1S/C14H16N2O/c1-11-3-5-13(6-4-11)16(2)14-7-8-15-12(9-14)10-17/h3-9,17H,10H2,1-2H3. The Bertz CT molecular complexity index is 494. The van der Waals surface area contributed by atoms with Crippen LogP contribution in [-0.2, 0) is 6.61 Å². The van der Waals surface area contributed by atoms with E-state index in [4.69, 9.17) is 5.11 Å². The molecule has 3 nitrogen and oxygen atoms in total. The predicted octanol–water partition coefficient (Wildman–Crippen LogP) is 2.65. The molecular formula is C14H16N2O. The van der Waals surface area contributed by atoms with Gasteiger partial charge in [0.25, 0.3) is 0 Å². The van der Waals surface area contributed by atoms with Crippen molar-refractivity contribution in [3.8, 4) is 0 Å². The summed E-state index contributed by atoms with van der Waals surface area (Å²) in [4.78, 5) is 6.14. The van der Waals surface area contributed by atoms with Crippen LogP contribution in [0.25, 0.3) is 0 Å². The van der Waals surface area contributed by atoms with E-state index >= 15 is 0 Å². The van der Waals surface area contributed by atoms with E-state index in [9.17, 15) is 0 Å². The smallest absolute Gasteiger partial charge is 0.0853 e. The fraction of sp³-hybridized carbons (Fsp3) is 0.214. The number of aliphatic hydroxyl groups is 1. The van der Waals surface area contributed by atoms with Crippen molar-refractivity contribution >= 4 is 11.4 Å². The maximum atomic E-state index is 9.07. The van der Waals surface area contributed by atoms with Crippen LogP contribution in [0.1, 0.15) is 11.3 Å². The largest absolute Gasteiger partial charge is 0.390 e. The number of benzene rings is 1. The van der Waals surface area contributed by atoms with Crippen LogP contribution in [0.4, 0.5) is 11.4 Å². The van der Waals surface area contributed by atoms with Gasteiger partial charge in [0, 0.05) is 24.6 Å². The number of hydrogen-bond donors (Lipinski definition) is 1. The van der Waals surface area contributed by atoms with Crippen LogP contribution < -0.4 is 4.90 Å². The highest BCUT2D eigenvalue weighted by molar-refractivity contribution is 5.62. The quantitative estimate of drug-likeness (QED) is 0.877. The number of pyridine rings is 1. The minimum absolute atomic E-state index is 0.0322. The van der Waals surface area contributed by atoms with Gasteiger partial charge in [0.1, 0.15) is 0 Å². The zero-order chi connectivity index (χ0) is 12.3. The van der Waals surface area contributed by atoms with Crippen LogP contribution in [0, 0.1) is 6.92 Å². The van der Waals surface area contributed by atoms with Crippen LogP contribution in [0.15, 0.2) is 42.6 Å². The second kappa shape index (κ2) is 4.97. The molecule has 0 spiro atoms. The third-order valence-electron chi connectivity index (χ3n) is 2.77. The monoisotopic (exact) mass is 228 g/mol. The lowest BCUT2D eigenvalue weighted by Gasteiger charge is -2.19.